The molecule has 0 saturated carbocycles. The molecule has 0 bridgehead atoms. The zero-order valence-electron chi connectivity index (χ0n) is 32.4. The first-order chi connectivity index (χ1) is 25.3. The van der Waals surface area contributed by atoms with Crippen molar-refractivity contribution in [1.29, 1.82) is 0 Å². The van der Waals surface area contributed by atoms with Gasteiger partial charge in [-0.05, 0) is 89.9 Å². The Morgan fingerprint density at radius 3 is 1.42 bits per heavy atom. The molecule has 0 fully saturated rings. The predicted molar refractivity (Wildman–Crippen MR) is 216 cm³/mol. The first kappa shape index (κ1) is 49.2. The number of rotatable bonds is 35. The third kappa shape index (κ3) is 40.0. The second-order valence-electron chi connectivity index (χ2n) is 12.9. The molecule has 0 aliphatic carbocycles. The van der Waals surface area contributed by atoms with E-state index in [9.17, 15) is 14.2 Å². The second kappa shape index (κ2) is 38.0. The summed E-state index contributed by atoms with van der Waals surface area (Å²) >= 11 is 0. The average Bonchev–Trinajstić information content (AvgIpc) is 3.11. The molecule has 0 aromatic carbocycles. The maximum absolute atomic E-state index is 12.4. The smallest absolute Gasteiger partial charge is 0.462 e. The minimum Gasteiger partial charge on any atom is -0.462 e. The number of ether oxygens (including phenoxy) is 2. The summed E-state index contributed by atoms with van der Waals surface area (Å²) in [6.07, 6.45) is 50.2. The molecule has 0 aromatic heterocycles. The van der Waals surface area contributed by atoms with E-state index < -0.39 is 32.5 Å². The van der Waals surface area contributed by atoms with Crippen LogP contribution >= 0.6 is 7.82 Å². The Morgan fingerprint density at radius 1 is 0.519 bits per heavy atom. The first-order valence-corrected chi connectivity index (χ1v) is 21.4. The Labute approximate surface area is 316 Å². The fourth-order valence-electron chi connectivity index (χ4n) is 4.96. The van der Waals surface area contributed by atoms with Gasteiger partial charge in [-0.2, -0.15) is 0 Å². The van der Waals surface area contributed by atoms with E-state index in [1.807, 2.05) is 0 Å². The summed E-state index contributed by atoms with van der Waals surface area (Å²) in [5.74, 6) is -0.957. The molecular weight excluding hydrogens is 675 g/mol. The number of phosphoric acid groups is 1. The Kier molecular flexibility index (Phi) is 35.9. The first-order valence-electron chi connectivity index (χ1n) is 19.9. The van der Waals surface area contributed by atoms with Crippen molar-refractivity contribution in [1.82, 2.24) is 0 Å². The van der Waals surface area contributed by atoms with Crippen molar-refractivity contribution in [2.24, 2.45) is 0 Å². The van der Waals surface area contributed by atoms with E-state index in [4.69, 9.17) is 19.3 Å². The number of carbonyl (C=O) groups is 2. The van der Waals surface area contributed by atoms with Crippen LogP contribution in [0.5, 0.6) is 0 Å². The Balaban J connectivity index is 4.05. The number of unbranched alkanes of at least 4 members (excludes halogenated alkanes) is 11. The van der Waals surface area contributed by atoms with Crippen molar-refractivity contribution in [3.05, 3.63) is 85.1 Å². The summed E-state index contributed by atoms with van der Waals surface area (Å²) in [6.45, 7) is 3.48. The Bertz CT molecular complexity index is 1110. The second-order valence-corrected chi connectivity index (χ2v) is 14.1. The maximum atomic E-state index is 12.4. The number of phosphoric ester groups is 1. The van der Waals surface area contributed by atoms with Crippen LogP contribution in [0, 0.1) is 0 Å². The summed E-state index contributed by atoms with van der Waals surface area (Å²) in [5.41, 5.74) is 0. The fraction of sp³-hybridized carbons (Fsp3) is 0.628. The zero-order chi connectivity index (χ0) is 38.2. The van der Waals surface area contributed by atoms with E-state index in [-0.39, 0.29) is 19.4 Å². The van der Waals surface area contributed by atoms with Gasteiger partial charge < -0.3 is 19.3 Å². The molecule has 0 spiro atoms. The van der Waals surface area contributed by atoms with Crippen LogP contribution in [0.25, 0.3) is 0 Å². The molecule has 2 N–H and O–H groups in total. The van der Waals surface area contributed by atoms with Crippen molar-refractivity contribution >= 4 is 19.8 Å². The van der Waals surface area contributed by atoms with Gasteiger partial charge >= 0.3 is 19.8 Å². The number of carbonyl (C=O) groups excluding carboxylic acids is 2. The third-order valence-corrected chi connectivity index (χ3v) is 8.38. The Hall–Kier alpha value is -2.77. The fourth-order valence-corrected chi connectivity index (χ4v) is 5.32. The lowest BCUT2D eigenvalue weighted by Gasteiger charge is -2.18. The molecule has 296 valence electrons. The molecule has 0 heterocycles. The number of esters is 2. The molecule has 0 aliphatic rings. The molecular formula is C43H71O8P. The van der Waals surface area contributed by atoms with Crippen molar-refractivity contribution in [2.75, 3.05) is 13.2 Å². The molecule has 0 aromatic rings. The quantitative estimate of drug-likeness (QED) is 0.0285. The van der Waals surface area contributed by atoms with Gasteiger partial charge in [-0.15, -0.1) is 0 Å². The highest BCUT2D eigenvalue weighted by Crippen LogP contribution is 2.36. The van der Waals surface area contributed by atoms with Crippen molar-refractivity contribution in [3.8, 4) is 0 Å². The van der Waals surface area contributed by atoms with Crippen LogP contribution in [0.1, 0.15) is 155 Å². The normalized spacial score (nSPS) is 13.4. The summed E-state index contributed by atoms with van der Waals surface area (Å²) in [5, 5.41) is 0. The van der Waals surface area contributed by atoms with Crippen LogP contribution in [0.4, 0.5) is 0 Å². The van der Waals surface area contributed by atoms with Crippen LogP contribution < -0.4 is 0 Å². The van der Waals surface area contributed by atoms with Gasteiger partial charge in [0.1, 0.15) is 6.61 Å². The topological polar surface area (TPSA) is 119 Å². The van der Waals surface area contributed by atoms with Gasteiger partial charge in [0.2, 0.25) is 0 Å². The van der Waals surface area contributed by atoms with Gasteiger partial charge in [0, 0.05) is 12.8 Å². The molecule has 9 heteroatoms. The van der Waals surface area contributed by atoms with Gasteiger partial charge in [-0.25, -0.2) is 4.57 Å². The summed E-state index contributed by atoms with van der Waals surface area (Å²) in [6, 6.07) is 0. The van der Waals surface area contributed by atoms with Gasteiger partial charge in [0.15, 0.2) is 6.10 Å². The molecule has 0 rings (SSSR count). The third-order valence-electron chi connectivity index (χ3n) is 7.90. The number of hydrogen-bond donors (Lipinski definition) is 2. The highest BCUT2D eigenvalue weighted by atomic mass is 31.2. The highest BCUT2D eigenvalue weighted by molar-refractivity contribution is 7.46. The van der Waals surface area contributed by atoms with Crippen molar-refractivity contribution < 1.29 is 37.9 Å². The van der Waals surface area contributed by atoms with Crippen LogP contribution in [0.15, 0.2) is 85.1 Å². The van der Waals surface area contributed by atoms with E-state index in [0.29, 0.717) is 12.8 Å². The zero-order valence-corrected chi connectivity index (χ0v) is 33.3. The minimum absolute atomic E-state index is 0.152. The van der Waals surface area contributed by atoms with Crippen LogP contribution in [-0.2, 0) is 28.2 Å². The highest BCUT2D eigenvalue weighted by Gasteiger charge is 2.22. The van der Waals surface area contributed by atoms with E-state index >= 15 is 0 Å². The summed E-state index contributed by atoms with van der Waals surface area (Å²) < 4.78 is 26.3. The monoisotopic (exact) mass is 746 g/mol. The molecule has 0 radical (unpaired) electrons. The standard InChI is InChI=1S/C43H71O8P/c1-3-5-7-9-11-13-15-17-19-20-21-22-24-25-27-29-31-33-35-37-42(44)49-39-41(40-50-52(46,47)48)51-43(45)38-36-34-32-30-28-26-23-18-16-14-12-10-8-6-4-2/h6,8,11-14,17-19,21-23,28,30,41H,3-5,7,9-10,15-16,20,24-27,29,31-40H2,1-2H3,(H2,46,47,48)/b8-6-,13-11-,14-12-,19-17-,22-21-,23-18-,30-28-. The van der Waals surface area contributed by atoms with Crippen LogP contribution in [-0.4, -0.2) is 41.0 Å². The molecule has 0 saturated heterocycles. The Morgan fingerprint density at radius 2 is 0.923 bits per heavy atom. The van der Waals surface area contributed by atoms with Gasteiger partial charge in [-0.1, -0.05) is 137 Å². The number of allylic oxidation sites excluding steroid dienone is 14. The van der Waals surface area contributed by atoms with E-state index in [1.165, 1.54) is 25.7 Å². The predicted octanol–water partition coefficient (Wildman–Crippen LogP) is 12.1. The summed E-state index contributed by atoms with van der Waals surface area (Å²) in [4.78, 5) is 42.8. The minimum atomic E-state index is -4.77. The SMILES string of the molecule is CC/C=C\C/C=C\C/C=C\C/C=C\CCCCC(=O)OC(COC(=O)CCCCCCCC/C=C\C/C=C\C/C=C\CCCCC)COP(=O)(O)O. The van der Waals surface area contributed by atoms with Crippen LogP contribution in [0.2, 0.25) is 0 Å². The lowest BCUT2D eigenvalue weighted by molar-refractivity contribution is -0.161. The van der Waals surface area contributed by atoms with Crippen molar-refractivity contribution in [2.45, 2.75) is 161 Å². The van der Waals surface area contributed by atoms with E-state index in [1.54, 1.807) is 0 Å². The average molecular weight is 747 g/mol. The maximum Gasteiger partial charge on any atom is 0.469 e. The lowest BCUT2D eigenvalue weighted by Crippen LogP contribution is -2.29. The molecule has 8 nitrogen and oxygen atoms in total. The van der Waals surface area contributed by atoms with E-state index in [0.717, 1.165) is 89.9 Å². The molecule has 0 aliphatic heterocycles. The molecule has 0 amide bonds. The number of hydrogen-bond acceptors (Lipinski definition) is 6. The molecule has 52 heavy (non-hydrogen) atoms. The van der Waals surface area contributed by atoms with Crippen LogP contribution in [0.3, 0.4) is 0 Å². The van der Waals surface area contributed by atoms with E-state index in [2.05, 4.69) is 103 Å². The van der Waals surface area contributed by atoms with Gasteiger partial charge in [0.25, 0.3) is 0 Å². The largest absolute Gasteiger partial charge is 0.469 e. The summed E-state index contributed by atoms with van der Waals surface area (Å²) in [7, 11) is -4.77. The van der Waals surface area contributed by atoms with Crippen molar-refractivity contribution in [3.63, 3.8) is 0 Å². The van der Waals surface area contributed by atoms with Gasteiger partial charge in [-0.3, -0.25) is 14.1 Å². The molecule has 1 atom stereocenters. The van der Waals surface area contributed by atoms with Gasteiger partial charge in [0.05, 0.1) is 6.61 Å². The molecule has 1 unspecified atom stereocenters. The lowest BCUT2D eigenvalue weighted by atomic mass is 10.1.